The number of carbonyl (C=O) groups is 1. The number of aliphatic carboxylic acids is 1. The van der Waals surface area contributed by atoms with E-state index in [4.69, 9.17) is 0 Å². The zero-order valence-corrected chi connectivity index (χ0v) is 11.2. The van der Waals surface area contributed by atoms with Gasteiger partial charge in [0, 0.05) is 0 Å². The summed E-state index contributed by atoms with van der Waals surface area (Å²) < 4.78 is 0. The van der Waals surface area contributed by atoms with Crippen LogP contribution in [0.3, 0.4) is 0 Å². The summed E-state index contributed by atoms with van der Waals surface area (Å²) in [6.45, 7) is 0. The van der Waals surface area contributed by atoms with E-state index in [0.29, 0.717) is 5.92 Å². The van der Waals surface area contributed by atoms with Crippen molar-refractivity contribution < 1.29 is 9.90 Å². The Morgan fingerprint density at radius 3 is 2.50 bits per heavy atom. The van der Waals surface area contributed by atoms with Crippen molar-refractivity contribution in [1.82, 2.24) is 0 Å². The van der Waals surface area contributed by atoms with Crippen LogP contribution >= 0.6 is 11.8 Å². The summed E-state index contributed by atoms with van der Waals surface area (Å²) in [5, 5.41) is 9.48. The molecule has 0 atom stereocenters. The van der Waals surface area contributed by atoms with Gasteiger partial charge in [-0.2, -0.15) is 11.8 Å². The fourth-order valence-corrected chi connectivity index (χ4v) is 4.13. The molecule has 1 saturated heterocycles. The normalized spacial score (nSPS) is 22.7. The maximum absolute atomic E-state index is 11.5. The van der Waals surface area contributed by atoms with Gasteiger partial charge in [-0.25, -0.2) is 0 Å². The van der Waals surface area contributed by atoms with Crippen LogP contribution in [0, 0.1) is 0 Å². The van der Waals surface area contributed by atoms with Gasteiger partial charge in [0.15, 0.2) is 0 Å². The average Bonchev–Trinajstić information content (AvgIpc) is 3.21. The molecule has 0 aromatic heterocycles. The van der Waals surface area contributed by atoms with Gasteiger partial charge in [0.05, 0.1) is 5.41 Å². The zero-order valence-electron chi connectivity index (χ0n) is 10.4. The molecule has 1 aliphatic carbocycles. The second kappa shape index (κ2) is 4.61. The minimum atomic E-state index is -0.639. The molecule has 3 heteroatoms. The first kappa shape index (κ1) is 12.1. The van der Waals surface area contributed by atoms with Crippen molar-refractivity contribution in [2.75, 3.05) is 11.5 Å². The number of hydrogen-bond donors (Lipinski definition) is 1. The highest BCUT2D eigenvalue weighted by Gasteiger charge is 2.53. The van der Waals surface area contributed by atoms with Crippen molar-refractivity contribution in [3.63, 3.8) is 0 Å². The van der Waals surface area contributed by atoms with Crippen LogP contribution in [-0.2, 0) is 10.2 Å². The monoisotopic (exact) mass is 262 g/mol. The summed E-state index contributed by atoms with van der Waals surface area (Å²) in [7, 11) is 0. The number of carboxylic acid groups (broad SMARTS) is 1. The first-order valence-electron chi connectivity index (χ1n) is 6.64. The quantitative estimate of drug-likeness (QED) is 0.907. The van der Waals surface area contributed by atoms with Crippen LogP contribution in [0.5, 0.6) is 0 Å². The summed E-state index contributed by atoms with van der Waals surface area (Å²) in [5.74, 6) is 2.34. The Bertz CT molecular complexity index is 459. The lowest BCUT2D eigenvalue weighted by Gasteiger charge is -2.26. The minimum absolute atomic E-state index is 0.554. The fourth-order valence-electron chi connectivity index (χ4n) is 3.02. The predicted octanol–water partition coefficient (Wildman–Crippen LogP) is 3.41. The average molecular weight is 262 g/mol. The molecular weight excluding hydrogens is 244 g/mol. The summed E-state index contributed by atoms with van der Waals surface area (Å²) in [6, 6.07) is 8.23. The number of rotatable bonds is 3. The van der Waals surface area contributed by atoms with E-state index in [1.54, 1.807) is 0 Å². The lowest BCUT2D eigenvalue weighted by atomic mass is 9.83. The SMILES string of the molecule is O=C(O)C1(c2ccccc2C2CCSCC2)CC1. The van der Waals surface area contributed by atoms with E-state index in [1.165, 1.54) is 29.9 Å². The topological polar surface area (TPSA) is 37.3 Å². The van der Waals surface area contributed by atoms with E-state index >= 15 is 0 Å². The fraction of sp³-hybridized carbons (Fsp3) is 0.533. The van der Waals surface area contributed by atoms with Crippen molar-refractivity contribution in [3.05, 3.63) is 35.4 Å². The highest BCUT2D eigenvalue weighted by Crippen LogP contribution is 2.51. The van der Waals surface area contributed by atoms with E-state index in [2.05, 4.69) is 12.1 Å². The molecule has 96 valence electrons. The first-order chi connectivity index (χ1) is 8.74. The number of thioether (sulfide) groups is 1. The lowest BCUT2D eigenvalue weighted by Crippen LogP contribution is -2.23. The van der Waals surface area contributed by atoms with Crippen molar-refractivity contribution in [1.29, 1.82) is 0 Å². The molecule has 2 nitrogen and oxygen atoms in total. The third-order valence-electron chi connectivity index (χ3n) is 4.30. The second-order valence-corrected chi connectivity index (χ2v) is 6.59. The van der Waals surface area contributed by atoms with E-state index in [1.807, 2.05) is 23.9 Å². The maximum atomic E-state index is 11.5. The highest BCUT2D eigenvalue weighted by molar-refractivity contribution is 7.99. The van der Waals surface area contributed by atoms with Gasteiger partial charge in [-0.15, -0.1) is 0 Å². The van der Waals surface area contributed by atoms with Crippen molar-refractivity contribution in [2.45, 2.75) is 37.0 Å². The van der Waals surface area contributed by atoms with Gasteiger partial charge in [-0.3, -0.25) is 4.79 Å². The molecule has 1 saturated carbocycles. The van der Waals surface area contributed by atoms with Gasteiger partial charge in [-0.05, 0) is 54.2 Å². The Morgan fingerprint density at radius 2 is 1.89 bits per heavy atom. The molecule has 0 unspecified atom stereocenters. The third-order valence-corrected chi connectivity index (χ3v) is 5.35. The molecule has 0 amide bonds. The second-order valence-electron chi connectivity index (χ2n) is 5.36. The van der Waals surface area contributed by atoms with Gasteiger partial charge in [-0.1, -0.05) is 24.3 Å². The molecule has 18 heavy (non-hydrogen) atoms. The molecule has 1 N–H and O–H groups in total. The van der Waals surface area contributed by atoms with Crippen LogP contribution in [0.15, 0.2) is 24.3 Å². The predicted molar refractivity (Wildman–Crippen MR) is 74.3 cm³/mol. The van der Waals surface area contributed by atoms with E-state index in [0.717, 1.165) is 18.4 Å². The van der Waals surface area contributed by atoms with Gasteiger partial charge in [0.1, 0.15) is 0 Å². The summed E-state index contributed by atoms with van der Waals surface area (Å²) in [4.78, 5) is 11.5. The smallest absolute Gasteiger partial charge is 0.314 e. The Labute approximate surface area is 112 Å². The Morgan fingerprint density at radius 1 is 1.22 bits per heavy atom. The zero-order chi connectivity index (χ0) is 12.6. The van der Waals surface area contributed by atoms with Crippen LogP contribution in [0.4, 0.5) is 0 Å². The van der Waals surface area contributed by atoms with Crippen LogP contribution in [0.1, 0.15) is 42.7 Å². The molecule has 0 radical (unpaired) electrons. The van der Waals surface area contributed by atoms with Crippen LogP contribution in [0.2, 0.25) is 0 Å². The molecule has 1 heterocycles. The molecule has 2 fully saturated rings. The largest absolute Gasteiger partial charge is 0.481 e. The summed E-state index contributed by atoms with van der Waals surface area (Å²) in [6.07, 6.45) is 4.00. The molecule has 1 aliphatic heterocycles. The van der Waals surface area contributed by atoms with E-state index in [9.17, 15) is 9.90 Å². The minimum Gasteiger partial charge on any atom is -0.481 e. The molecule has 3 rings (SSSR count). The molecule has 2 aliphatic rings. The number of hydrogen-bond acceptors (Lipinski definition) is 2. The standard InChI is InChI=1S/C15H18O2S/c16-14(17)15(7-8-15)13-4-2-1-3-12(13)11-5-9-18-10-6-11/h1-4,11H,5-10H2,(H,16,17). The Balaban J connectivity index is 1.97. The van der Waals surface area contributed by atoms with Gasteiger partial charge in [0.2, 0.25) is 0 Å². The molecule has 1 aromatic rings. The number of carboxylic acids is 1. The molecular formula is C15H18O2S. The number of benzene rings is 1. The Kier molecular flexibility index (Phi) is 3.10. The Hall–Kier alpha value is -0.960. The van der Waals surface area contributed by atoms with Crippen molar-refractivity contribution in [3.8, 4) is 0 Å². The summed E-state index contributed by atoms with van der Waals surface area (Å²) >= 11 is 2.01. The van der Waals surface area contributed by atoms with E-state index in [-0.39, 0.29) is 0 Å². The third kappa shape index (κ3) is 1.95. The molecule has 0 spiro atoms. The summed E-state index contributed by atoms with van der Waals surface area (Å²) in [5.41, 5.74) is 1.84. The lowest BCUT2D eigenvalue weighted by molar-refractivity contribution is -0.140. The van der Waals surface area contributed by atoms with Gasteiger partial charge >= 0.3 is 5.97 Å². The first-order valence-corrected chi connectivity index (χ1v) is 7.80. The van der Waals surface area contributed by atoms with Crippen LogP contribution in [-0.4, -0.2) is 22.6 Å². The van der Waals surface area contributed by atoms with Crippen LogP contribution in [0.25, 0.3) is 0 Å². The molecule has 1 aromatic carbocycles. The maximum Gasteiger partial charge on any atom is 0.314 e. The van der Waals surface area contributed by atoms with E-state index < -0.39 is 11.4 Å². The van der Waals surface area contributed by atoms with Crippen LogP contribution < -0.4 is 0 Å². The highest BCUT2D eigenvalue weighted by atomic mass is 32.2. The van der Waals surface area contributed by atoms with Gasteiger partial charge < -0.3 is 5.11 Å². The van der Waals surface area contributed by atoms with Crippen molar-refractivity contribution in [2.24, 2.45) is 0 Å². The molecule has 0 bridgehead atoms. The van der Waals surface area contributed by atoms with Gasteiger partial charge in [0.25, 0.3) is 0 Å². The van der Waals surface area contributed by atoms with Crippen molar-refractivity contribution >= 4 is 17.7 Å².